The molecule has 0 aliphatic carbocycles. The molecule has 0 spiro atoms. The van der Waals surface area contributed by atoms with Crippen molar-refractivity contribution in [2.45, 2.75) is 19.9 Å². The lowest BCUT2D eigenvalue weighted by molar-refractivity contribution is -0.135. The summed E-state index contributed by atoms with van der Waals surface area (Å²) < 4.78 is 18.8. The largest absolute Gasteiger partial charge is 0.497 e. The van der Waals surface area contributed by atoms with Crippen LogP contribution in [0.25, 0.3) is 16.6 Å². The van der Waals surface area contributed by atoms with Crippen LogP contribution in [0.15, 0.2) is 76.0 Å². The summed E-state index contributed by atoms with van der Waals surface area (Å²) in [5.41, 5.74) is 0.762. The summed E-state index contributed by atoms with van der Waals surface area (Å²) in [5, 5.41) is 0.453. The van der Waals surface area contributed by atoms with E-state index in [-0.39, 0.29) is 18.1 Å². The number of rotatable bonds is 9. The smallest absolute Gasteiger partial charge is 0.266 e. The Kier molecular flexibility index (Phi) is 8.13. The lowest BCUT2D eigenvalue weighted by Gasteiger charge is -2.30. The highest BCUT2D eigenvalue weighted by Gasteiger charge is 2.27. The van der Waals surface area contributed by atoms with E-state index in [1.807, 2.05) is 38.1 Å². The first-order valence-corrected chi connectivity index (χ1v) is 12.6. The molecular weight excluding hydrogens is 538 g/mol. The zero-order valence-corrected chi connectivity index (χ0v) is 22.7. The van der Waals surface area contributed by atoms with Gasteiger partial charge < -0.3 is 19.1 Å². The topological polar surface area (TPSA) is 82.9 Å². The number of fused-ring (bicyclic) bond motifs is 1. The Labute approximate surface area is 223 Å². The third-order valence-corrected chi connectivity index (χ3v) is 6.90. The van der Waals surface area contributed by atoms with Gasteiger partial charge in [-0.3, -0.25) is 14.2 Å². The number of aromatic nitrogens is 2. The second-order valence-electron chi connectivity index (χ2n) is 8.25. The van der Waals surface area contributed by atoms with Crippen LogP contribution in [0.5, 0.6) is 17.2 Å². The summed E-state index contributed by atoms with van der Waals surface area (Å²) in [4.78, 5) is 33.7. The molecule has 9 heteroatoms. The molecule has 0 saturated heterocycles. The quantitative estimate of drug-likeness (QED) is 0.279. The van der Waals surface area contributed by atoms with E-state index in [2.05, 4.69) is 15.9 Å². The number of methoxy groups -OCH3 is 2. The predicted molar refractivity (Wildman–Crippen MR) is 146 cm³/mol. The van der Waals surface area contributed by atoms with Crippen LogP contribution in [0, 0.1) is 0 Å². The van der Waals surface area contributed by atoms with Gasteiger partial charge in [0, 0.05) is 18.7 Å². The molecule has 0 radical (unpaired) electrons. The van der Waals surface area contributed by atoms with Crippen molar-refractivity contribution in [1.29, 1.82) is 0 Å². The first-order chi connectivity index (χ1) is 17.9. The Morgan fingerprint density at radius 2 is 1.73 bits per heavy atom. The number of carbonyl (C=O) groups excluding carboxylic acids is 1. The molecule has 4 rings (SSSR count). The molecule has 8 nitrogen and oxygen atoms in total. The van der Waals surface area contributed by atoms with E-state index in [0.717, 1.165) is 0 Å². The van der Waals surface area contributed by atoms with Crippen molar-refractivity contribution < 1.29 is 19.0 Å². The standard InChI is InChI=1S/C28H28BrN3O5/c1-5-31(25(33)17-37-19-11-7-6-8-12-19)18(2)27-30-22-14-10-9-13-21(22)28(34)32(27)23-15-20(35-3)16-24(36-4)26(23)29/h6-16,18H,5,17H2,1-4H3. The van der Waals surface area contributed by atoms with Gasteiger partial charge in [-0.15, -0.1) is 0 Å². The SMILES string of the molecule is CCN(C(=O)COc1ccccc1)C(C)c1nc2ccccc2c(=O)n1-c1cc(OC)cc(OC)c1Br. The van der Waals surface area contributed by atoms with E-state index in [9.17, 15) is 9.59 Å². The third-order valence-electron chi connectivity index (χ3n) is 6.10. The van der Waals surface area contributed by atoms with Gasteiger partial charge in [-0.1, -0.05) is 30.3 Å². The zero-order chi connectivity index (χ0) is 26.5. The Morgan fingerprint density at radius 3 is 2.41 bits per heavy atom. The van der Waals surface area contributed by atoms with Gasteiger partial charge in [0.15, 0.2) is 6.61 Å². The van der Waals surface area contributed by atoms with Gasteiger partial charge in [-0.2, -0.15) is 0 Å². The first kappa shape index (κ1) is 26.2. The number of nitrogens with zero attached hydrogens (tertiary/aromatic N) is 3. The molecule has 0 bridgehead atoms. The van der Waals surface area contributed by atoms with Crippen molar-refractivity contribution in [3.05, 3.63) is 87.4 Å². The maximum absolute atomic E-state index is 13.9. The molecule has 0 fully saturated rings. The van der Waals surface area contributed by atoms with E-state index < -0.39 is 6.04 Å². The van der Waals surface area contributed by atoms with Gasteiger partial charge in [0.25, 0.3) is 11.5 Å². The molecule has 4 aromatic rings. The van der Waals surface area contributed by atoms with Crippen LogP contribution in [0.4, 0.5) is 0 Å². The summed E-state index contributed by atoms with van der Waals surface area (Å²) in [5.74, 6) is 1.78. The monoisotopic (exact) mass is 565 g/mol. The summed E-state index contributed by atoms with van der Waals surface area (Å²) in [6.07, 6.45) is 0. The van der Waals surface area contributed by atoms with Gasteiger partial charge in [-0.25, -0.2) is 4.98 Å². The van der Waals surface area contributed by atoms with Crippen molar-refractivity contribution in [3.63, 3.8) is 0 Å². The first-order valence-electron chi connectivity index (χ1n) is 11.8. The number of para-hydroxylation sites is 2. The molecule has 192 valence electrons. The Morgan fingerprint density at radius 1 is 1.03 bits per heavy atom. The van der Waals surface area contributed by atoms with Crippen LogP contribution in [-0.4, -0.2) is 47.7 Å². The molecule has 0 aliphatic heterocycles. The number of benzene rings is 3. The van der Waals surface area contributed by atoms with Crippen LogP contribution < -0.4 is 19.8 Å². The van der Waals surface area contributed by atoms with Crippen LogP contribution in [0.1, 0.15) is 25.7 Å². The lowest BCUT2D eigenvalue weighted by Crippen LogP contribution is -2.39. The summed E-state index contributed by atoms with van der Waals surface area (Å²) in [6, 6.07) is 19.2. The average molecular weight is 566 g/mol. The highest BCUT2D eigenvalue weighted by molar-refractivity contribution is 9.10. The minimum atomic E-state index is -0.557. The third kappa shape index (κ3) is 5.32. The highest BCUT2D eigenvalue weighted by Crippen LogP contribution is 2.36. The summed E-state index contributed by atoms with van der Waals surface area (Å²) in [7, 11) is 3.08. The number of amides is 1. The van der Waals surface area contributed by atoms with Gasteiger partial charge in [0.1, 0.15) is 23.1 Å². The van der Waals surface area contributed by atoms with Crippen LogP contribution in [0.3, 0.4) is 0 Å². The normalized spacial score (nSPS) is 11.7. The van der Waals surface area contributed by atoms with Crippen molar-refractivity contribution in [1.82, 2.24) is 14.5 Å². The minimum absolute atomic E-state index is 0.142. The molecule has 1 heterocycles. The molecular formula is C28H28BrN3O5. The number of likely N-dealkylation sites (N-methyl/N-ethyl adjacent to an activating group) is 1. The lowest BCUT2D eigenvalue weighted by atomic mass is 10.1. The molecule has 3 aromatic carbocycles. The Hall–Kier alpha value is -3.85. The van der Waals surface area contributed by atoms with E-state index in [1.165, 1.54) is 4.57 Å². The van der Waals surface area contributed by atoms with Crippen molar-refractivity contribution >= 4 is 32.7 Å². The van der Waals surface area contributed by atoms with Crippen LogP contribution in [0.2, 0.25) is 0 Å². The van der Waals surface area contributed by atoms with E-state index in [0.29, 0.717) is 50.7 Å². The maximum Gasteiger partial charge on any atom is 0.266 e. The van der Waals surface area contributed by atoms with Crippen LogP contribution in [-0.2, 0) is 4.79 Å². The van der Waals surface area contributed by atoms with E-state index in [4.69, 9.17) is 19.2 Å². The fourth-order valence-corrected chi connectivity index (χ4v) is 4.77. The van der Waals surface area contributed by atoms with Crippen LogP contribution >= 0.6 is 15.9 Å². The second kappa shape index (κ2) is 11.5. The summed E-state index contributed by atoms with van der Waals surface area (Å²) in [6.45, 7) is 3.98. The van der Waals surface area contributed by atoms with Gasteiger partial charge in [0.2, 0.25) is 0 Å². The predicted octanol–water partition coefficient (Wildman–Crippen LogP) is 5.15. The average Bonchev–Trinajstić information content (AvgIpc) is 2.93. The number of hydrogen-bond acceptors (Lipinski definition) is 6. The Balaban J connectivity index is 1.84. The number of hydrogen-bond donors (Lipinski definition) is 0. The zero-order valence-electron chi connectivity index (χ0n) is 21.1. The summed E-state index contributed by atoms with van der Waals surface area (Å²) >= 11 is 3.59. The molecule has 0 aliphatic rings. The Bertz CT molecular complexity index is 1470. The highest BCUT2D eigenvalue weighted by atomic mass is 79.9. The fourth-order valence-electron chi connectivity index (χ4n) is 4.20. The van der Waals surface area contributed by atoms with Gasteiger partial charge in [-0.05, 0) is 54.0 Å². The molecule has 37 heavy (non-hydrogen) atoms. The minimum Gasteiger partial charge on any atom is -0.497 e. The van der Waals surface area contributed by atoms with E-state index >= 15 is 0 Å². The number of ether oxygens (including phenoxy) is 3. The maximum atomic E-state index is 13.9. The van der Waals surface area contributed by atoms with E-state index in [1.54, 1.807) is 61.6 Å². The van der Waals surface area contributed by atoms with Crippen molar-refractivity contribution in [2.24, 2.45) is 0 Å². The van der Waals surface area contributed by atoms with Gasteiger partial charge >= 0.3 is 0 Å². The molecule has 1 unspecified atom stereocenters. The molecule has 1 atom stereocenters. The number of halogens is 1. The van der Waals surface area contributed by atoms with Crippen molar-refractivity contribution in [2.75, 3.05) is 27.4 Å². The molecule has 1 amide bonds. The molecule has 1 aromatic heterocycles. The number of carbonyl (C=O) groups is 1. The van der Waals surface area contributed by atoms with Crippen molar-refractivity contribution in [3.8, 4) is 22.9 Å². The molecule has 0 saturated carbocycles. The fraction of sp³-hybridized carbons (Fsp3) is 0.250. The molecule has 0 N–H and O–H groups in total. The second-order valence-corrected chi connectivity index (χ2v) is 9.04. The van der Waals surface area contributed by atoms with Gasteiger partial charge in [0.05, 0.1) is 41.3 Å².